The van der Waals surface area contributed by atoms with Gasteiger partial charge in [-0.05, 0) is 45.1 Å². The Morgan fingerprint density at radius 3 is 2.36 bits per heavy atom. The molecule has 1 aromatic rings. The van der Waals surface area contributed by atoms with Crippen LogP contribution < -0.4 is 10.6 Å². The molecule has 1 heterocycles. The molecule has 3 atom stereocenters. The predicted molar refractivity (Wildman–Crippen MR) is 126 cm³/mol. The maximum Gasteiger partial charge on any atom is 0.245 e. The topological polar surface area (TPSA) is 102 Å². The van der Waals surface area contributed by atoms with E-state index in [0.29, 0.717) is 32.4 Å². The van der Waals surface area contributed by atoms with Crippen molar-refractivity contribution in [3.05, 3.63) is 35.9 Å². The molecule has 3 amide bonds. The van der Waals surface area contributed by atoms with Crippen molar-refractivity contribution < 1.29 is 19.5 Å². The molecule has 1 aromatic carbocycles. The minimum Gasteiger partial charge on any atom is -0.389 e. The van der Waals surface area contributed by atoms with Crippen LogP contribution in [0.2, 0.25) is 0 Å². The zero-order valence-electron chi connectivity index (χ0n) is 20.0. The van der Waals surface area contributed by atoms with Crippen LogP contribution in [0.25, 0.3) is 0 Å². The maximum atomic E-state index is 13.0. The monoisotopic (exact) mass is 458 g/mol. The third-order valence-electron chi connectivity index (χ3n) is 6.87. The minimum absolute atomic E-state index is 0.0401. The summed E-state index contributed by atoms with van der Waals surface area (Å²) in [4.78, 5) is 41.1. The Hall–Kier alpha value is -2.45. The quantitative estimate of drug-likeness (QED) is 0.568. The first-order valence-electron chi connectivity index (χ1n) is 12.0. The molecule has 0 unspecified atom stereocenters. The van der Waals surface area contributed by atoms with Gasteiger partial charge >= 0.3 is 0 Å². The zero-order chi connectivity index (χ0) is 24.0. The van der Waals surface area contributed by atoms with Gasteiger partial charge in [0.1, 0.15) is 5.54 Å². The van der Waals surface area contributed by atoms with Gasteiger partial charge in [-0.3, -0.25) is 19.3 Å². The van der Waals surface area contributed by atoms with Crippen molar-refractivity contribution >= 4 is 17.7 Å². The summed E-state index contributed by atoms with van der Waals surface area (Å²) in [6.07, 6.45) is 2.72. The van der Waals surface area contributed by atoms with E-state index in [1.807, 2.05) is 35.2 Å². The van der Waals surface area contributed by atoms with E-state index in [1.54, 1.807) is 20.8 Å². The smallest absolute Gasteiger partial charge is 0.245 e. The first-order valence-corrected chi connectivity index (χ1v) is 12.0. The summed E-state index contributed by atoms with van der Waals surface area (Å²) >= 11 is 0. The number of carbonyl (C=O) groups excluding carboxylic acids is 3. The standard InChI is InChI=1S/C25H38N4O4/c1-18(30)28-14-16-29(17-15-28)21-11-7-10-20(23(21)32)26-24(33)25(2,3)27-22(31)13-12-19-8-5-4-6-9-19/h4-6,8-9,20-21,23,32H,7,10-17H2,1-3H3,(H,26,33)(H,27,31)/t20-,21-,23-/m1/s1. The molecule has 8 nitrogen and oxygen atoms in total. The summed E-state index contributed by atoms with van der Waals surface area (Å²) in [5.41, 5.74) is 0.00324. The van der Waals surface area contributed by atoms with E-state index in [4.69, 9.17) is 0 Å². The number of amides is 3. The van der Waals surface area contributed by atoms with E-state index in [0.717, 1.165) is 31.5 Å². The van der Waals surface area contributed by atoms with Gasteiger partial charge in [0.15, 0.2) is 0 Å². The Kier molecular flexibility index (Phi) is 8.48. The first kappa shape index (κ1) is 25.2. The van der Waals surface area contributed by atoms with Crippen LogP contribution in [0.3, 0.4) is 0 Å². The van der Waals surface area contributed by atoms with Crippen LogP contribution >= 0.6 is 0 Å². The number of hydrogen-bond donors (Lipinski definition) is 3. The van der Waals surface area contributed by atoms with Crippen LogP contribution in [0.5, 0.6) is 0 Å². The van der Waals surface area contributed by atoms with E-state index in [2.05, 4.69) is 15.5 Å². The van der Waals surface area contributed by atoms with Crippen molar-refractivity contribution in [3.8, 4) is 0 Å². The van der Waals surface area contributed by atoms with E-state index in [9.17, 15) is 19.5 Å². The van der Waals surface area contributed by atoms with E-state index in [-0.39, 0.29) is 29.8 Å². The molecular formula is C25H38N4O4. The summed E-state index contributed by atoms with van der Waals surface area (Å²) in [7, 11) is 0. The molecule has 0 radical (unpaired) electrons. The Balaban J connectivity index is 1.50. The predicted octanol–water partition coefficient (Wildman–Crippen LogP) is 1.08. The highest BCUT2D eigenvalue weighted by molar-refractivity contribution is 5.91. The molecule has 2 aliphatic rings. The number of aryl methyl sites for hydroxylation is 1. The number of rotatable bonds is 7. The van der Waals surface area contributed by atoms with Gasteiger partial charge in [-0.2, -0.15) is 0 Å². The normalized spacial score (nSPS) is 24.2. The molecule has 3 N–H and O–H groups in total. The van der Waals surface area contributed by atoms with Gasteiger partial charge in [0, 0.05) is 45.6 Å². The second-order valence-corrected chi connectivity index (χ2v) is 9.77. The fourth-order valence-corrected chi connectivity index (χ4v) is 4.80. The second-order valence-electron chi connectivity index (χ2n) is 9.77. The lowest BCUT2D eigenvalue weighted by Crippen LogP contribution is -2.63. The first-order chi connectivity index (χ1) is 15.7. The summed E-state index contributed by atoms with van der Waals surface area (Å²) in [5, 5.41) is 16.9. The third-order valence-corrected chi connectivity index (χ3v) is 6.87. The van der Waals surface area contributed by atoms with E-state index in [1.165, 1.54) is 0 Å². The molecule has 1 aliphatic heterocycles. The number of benzene rings is 1. The summed E-state index contributed by atoms with van der Waals surface area (Å²) in [6, 6.07) is 9.38. The maximum absolute atomic E-state index is 13.0. The van der Waals surface area contributed by atoms with E-state index < -0.39 is 11.6 Å². The summed E-state index contributed by atoms with van der Waals surface area (Å²) in [6.45, 7) is 7.75. The van der Waals surface area contributed by atoms with Gasteiger partial charge in [-0.25, -0.2) is 0 Å². The van der Waals surface area contributed by atoms with Crippen molar-refractivity contribution in [1.82, 2.24) is 20.4 Å². The molecule has 8 heteroatoms. The number of aliphatic hydroxyl groups excluding tert-OH is 1. The van der Waals surface area contributed by atoms with Gasteiger partial charge < -0.3 is 20.6 Å². The molecule has 0 spiro atoms. The number of hydrogen-bond acceptors (Lipinski definition) is 5. The molecule has 33 heavy (non-hydrogen) atoms. The Morgan fingerprint density at radius 1 is 1.06 bits per heavy atom. The van der Waals surface area contributed by atoms with Crippen molar-refractivity contribution in [2.45, 2.75) is 76.6 Å². The fourth-order valence-electron chi connectivity index (χ4n) is 4.80. The Morgan fingerprint density at radius 2 is 1.73 bits per heavy atom. The van der Waals surface area contributed by atoms with Crippen molar-refractivity contribution in [2.24, 2.45) is 0 Å². The highest BCUT2D eigenvalue weighted by Crippen LogP contribution is 2.25. The average Bonchev–Trinajstić information content (AvgIpc) is 2.79. The number of piperazine rings is 1. The summed E-state index contributed by atoms with van der Waals surface area (Å²) in [5.74, 6) is -0.386. The lowest BCUT2D eigenvalue weighted by Gasteiger charge is -2.45. The average molecular weight is 459 g/mol. The van der Waals surface area contributed by atoms with Gasteiger partial charge in [0.2, 0.25) is 17.7 Å². The Labute approximate surface area is 196 Å². The van der Waals surface area contributed by atoms with Crippen LogP contribution in [-0.4, -0.2) is 82.5 Å². The molecule has 1 saturated heterocycles. The van der Waals surface area contributed by atoms with Gasteiger partial charge in [-0.1, -0.05) is 30.3 Å². The molecule has 0 aromatic heterocycles. The largest absolute Gasteiger partial charge is 0.389 e. The van der Waals surface area contributed by atoms with Crippen molar-refractivity contribution in [1.29, 1.82) is 0 Å². The van der Waals surface area contributed by atoms with Crippen LogP contribution in [0, 0.1) is 0 Å². The third kappa shape index (κ3) is 6.77. The molecule has 3 rings (SSSR count). The zero-order valence-corrected chi connectivity index (χ0v) is 20.0. The molecule has 0 bridgehead atoms. The van der Waals surface area contributed by atoms with Crippen molar-refractivity contribution in [2.75, 3.05) is 26.2 Å². The van der Waals surface area contributed by atoms with E-state index >= 15 is 0 Å². The molecule has 2 fully saturated rings. The number of nitrogens with zero attached hydrogens (tertiary/aromatic N) is 2. The van der Waals surface area contributed by atoms with Crippen molar-refractivity contribution in [3.63, 3.8) is 0 Å². The van der Waals surface area contributed by atoms with Crippen LogP contribution in [0.4, 0.5) is 0 Å². The van der Waals surface area contributed by atoms with Gasteiger partial charge in [0.05, 0.1) is 12.1 Å². The molecule has 1 saturated carbocycles. The second kappa shape index (κ2) is 11.1. The number of aliphatic hydroxyl groups is 1. The SMILES string of the molecule is CC(=O)N1CCN([C@@H]2CCC[C@@H](NC(=O)C(C)(C)NC(=O)CCc3ccccc3)[C@H]2O)CC1. The van der Waals surface area contributed by atoms with Crippen LogP contribution in [0.1, 0.15) is 52.0 Å². The van der Waals surface area contributed by atoms with Crippen LogP contribution in [0.15, 0.2) is 30.3 Å². The minimum atomic E-state index is -1.08. The molecule has 182 valence electrons. The molecule has 1 aliphatic carbocycles. The number of carbonyl (C=O) groups is 3. The number of nitrogens with one attached hydrogen (secondary N) is 2. The summed E-state index contributed by atoms with van der Waals surface area (Å²) < 4.78 is 0. The highest BCUT2D eigenvalue weighted by atomic mass is 16.3. The lowest BCUT2D eigenvalue weighted by atomic mass is 9.86. The van der Waals surface area contributed by atoms with Gasteiger partial charge in [0.25, 0.3) is 0 Å². The molecular weight excluding hydrogens is 420 g/mol. The van der Waals surface area contributed by atoms with Crippen LogP contribution in [-0.2, 0) is 20.8 Å². The fraction of sp³-hybridized carbons (Fsp3) is 0.640. The highest BCUT2D eigenvalue weighted by Gasteiger charge is 2.39. The van der Waals surface area contributed by atoms with Gasteiger partial charge in [-0.15, -0.1) is 0 Å². The lowest BCUT2D eigenvalue weighted by molar-refractivity contribution is -0.135. The Bertz CT molecular complexity index is 821.